The Morgan fingerprint density at radius 2 is 1.64 bits per heavy atom. The predicted molar refractivity (Wildman–Crippen MR) is 98.8 cm³/mol. The maximum atomic E-state index is 12.1. The Hall–Kier alpha value is -0.850. The molecule has 1 heterocycles. The van der Waals surface area contributed by atoms with Crippen molar-refractivity contribution in [3.8, 4) is 0 Å². The zero-order chi connectivity index (χ0) is 18.3. The van der Waals surface area contributed by atoms with Crippen LogP contribution in [-0.4, -0.2) is 68.7 Å². The van der Waals surface area contributed by atoms with E-state index >= 15 is 0 Å². The van der Waals surface area contributed by atoms with Crippen LogP contribution in [0.4, 0.5) is 0 Å². The summed E-state index contributed by atoms with van der Waals surface area (Å²) in [6.45, 7) is 5.84. The first kappa shape index (κ1) is 22.2. The van der Waals surface area contributed by atoms with Crippen LogP contribution in [0, 0.1) is 5.92 Å². The summed E-state index contributed by atoms with van der Waals surface area (Å²) < 4.78 is 10.9. The second-order valence-corrected chi connectivity index (χ2v) is 6.78. The molecule has 7 heteroatoms. The number of hydrogen-bond acceptors (Lipinski definition) is 4. The van der Waals surface area contributed by atoms with Gasteiger partial charge in [0.2, 0.25) is 11.8 Å². The average Bonchev–Trinajstić information content (AvgIpc) is 2.62. The molecule has 2 amide bonds. The number of piperidine rings is 1. The first-order chi connectivity index (χ1) is 12.1. The Balaban J connectivity index is 1.88. The fraction of sp³-hybridized carbons (Fsp3) is 0.889. The zero-order valence-corrected chi connectivity index (χ0v) is 16.2. The maximum absolute atomic E-state index is 12.1. The molecule has 0 radical (unpaired) electrons. The molecule has 0 bridgehead atoms. The van der Waals surface area contributed by atoms with E-state index in [1.165, 1.54) is 0 Å². The van der Waals surface area contributed by atoms with Gasteiger partial charge in [-0.25, -0.2) is 0 Å². The smallest absolute Gasteiger partial charge is 0.223 e. The van der Waals surface area contributed by atoms with Gasteiger partial charge in [-0.05, 0) is 25.7 Å². The van der Waals surface area contributed by atoms with E-state index in [0.29, 0.717) is 39.5 Å². The number of nitrogens with one attached hydrogen (secondary N) is 1. The van der Waals surface area contributed by atoms with Gasteiger partial charge in [0.15, 0.2) is 0 Å². The third kappa shape index (κ3) is 10.7. The number of carbonyl (C=O) groups is 2. The molecule has 0 aromatic carbocycles. The molecule has 0 saturated carbocycles. The van der Waals surface area contributed by atoms with Crippen LogP contribution < -0.4 is 5.32 Å². The van der Waals surface area contributed by atoms with Crippen LogP contribution in [0.1, 0.15) is 45.4 Å². The van der Waals surface area contributed by atoms with Crippen LogP contribution in [0.25, 0.3) is 0 Å². The standard InChI is InChI=1S/C18H33ClN2O4/c1-16(22)21-10-6-17(7-11-21)18(23)20-9-13-25-15-14-24-12-5-3-2-4-8-19/h17H,2-15H2,1H3,(H,20,23). The fourth-order valence-electron chi connectivity index (χ4n) is 2.82. The second-order valence-electron chi connectivity index (χ2n) is 6.40. The number of likely N-dealkylation sites (tertiary alicyclic amines) is 1. The molecule has 0 atom stereocenters. The summed E-state index contributed by atoms with van der Waals surface area (Å²) in [5.74, 6) is 0.908. The highest BCUT2D eigenvalue weighted by molar-refractivity contribution is 6.17. The third-order valence-corrected chi connectivity index (χ3v) is 4.67. The molecule has 0 unspecified atom stereocenters. The molecule has 1 aliphatic heterocycles. The van der Waals surface area contributed by atoms with Crippen LogP contribution in [0.5, 0.6) is 0 Å². The first-order valence-electron chi connectivity index (χ1n) is 9.39. The monoisotopic (exact) mass is 376 g/mol. The van der Waals surface area contributed by atoms with E-state index in [1.807, 2.05) is 0 Å². The second kappa shape index (κ2) is 14.3. The summed E-state index contributed by atoms with van der Waals surface area (Å²) in [4.78, 5) is 25.1. The van der Waals surface area contributed by atoms with E-state index in [1.54, 1.807) is 11.8 Å². The van der Waals surface area contributed by atoms with Crippen molar-refractivity contribution in [2.24, 2.45) is 5.92 Å². The summed E-state index contributed by atoms with van der Waals surface area (Å²) in [5, 5.41) is 2.91. The number of carbonyl (C=O) groups excluding carboxylic acids is 2. The number of alkyl halides is 1. The van der Waals surface area contributed by atoms with E-state index in [2.05, 4.69) is 5.32 Å². The van der Waals surface area contributed by atoms with Crippen LogP contribution in [-0.2, 0) is 19.1 Å². The highest BCUT2D eigenvalue weighted by Crippen LogP contribution is 2.17. The van der Waals surface area contributed by atoms with E-state index in [4.69, 9.17) is 21.1 Å². The largest absolute Gasteiger partial charge is 0.379 e. The van der Waals surface area contributed by atoms with Gasteiger partial charge in [-0.15, -0.1) is 11.6 Å². The van der Waals surface area contributed by atoms with Crippen molar-refractivity contribution in [1.29, 1.82) is 0 Å². The summed E-state index contributed by atoms with van der Waals surface area (Å²) in [6.07, 6.45) is 5.94. The van der Waals surface area contributed by atoms with Gasteiger partial charge in [-0.2, -0.15) is 0 Å². The quantitative estimate of drug-likeness (QED) is 0.395. The highest BCUT2D eigenvalue weighted by atomic mass is 35.5. The topological polar surface area (TPSA) is 67.9 Å². The van der Waals surface area contributed by atoms with Gasteiger partial charge in [-0.3, -0.25) is 9.59 Å². The lowest BCUT2D eigenvalue weighted by molar-refractivity contribution is -0.134. The first-order valence-corrected chi connectivity index (χ1v) is 9.93. The minimum absolute atomic E-state index is 0.0118. The van der Waals surface area contributed by atoms with Crippen molar-refractivity contribution in [3.63, 3.8) is 0 Å². The van der Waals surface area contributed by atoms with Crippen molar-refractivity contribution >= 4 is 23.4 Å². The Bertz CT molecular complexity index is 374. The van der Waals surface area contributed by atoms with Crippen molar-refractivity contribution in [2.75, 3.05) is 51.9 Å². The minimum atomic E-state index is 0.0118. The minimum Gasteiger partial charge on any atom is -0.379 e. The van der Waals surface area contributed by atoms with Gasteiger partial charge in [0.05, 0.1) is 19.8 Å². The van der Waals surface area contributed by atoms with E-state index in [-0.39, 0.29) is 17.7 Å². The molecular formula is C18H33ClN2O4. The zero-order valence-electron chi connectivity index (χ0n) is 15.4. The average molecular weight is 377 g/mol. The molecule has 1 aliphatic rings. The maximum Gasteiger partial charge on any atom is 0.223 e. The van der Waals surface area contributed by atoms with Crippen LogP contribution >= 0.6 is 11.6 Å². The highest BCUT2D eigenvalue weighted by Gasteiger charge is 2.25. The van der Waals surface area contributed by atoms with Gasteiger partial charge in [-0.1, -0.05) is 12.8 Å². The number of hydrogen-bond donors (Lipinski definition) is 1. The number of halogens is 1. The van der Waals surface area contributed by atoms with Crippen molar-refractivity contribution in [2.45, 2.75) is 45.4 Å². The van der Waals surface area contributed by atoms with Crippen LogP contribution in [0.15, 0.2) is 0 Å². The third-order valence-electron chi connectivity index (χ3n) is 4.40. The molecule has 0 spiro atoms. The lowest BCUT2D eigenvalue weighted by Gasteiger charge is -2.30. The molecule has 0 aliphatic carbocycles. The van der Waals surface area contributed by atoms with E-state index in [0.717, 1.165) is 51.0 Å². The number of unbranched alkanes of at least 4 members (excludes halogenated alkanes) is 3. The number of nitrogens with zero attached hydrogens (tertiary/aromatic N) is 1. The summed E-state index contributed by atoms with van der Waals surface area (Å²) in [6, 6.07) is 0. The van der Waals surface area contributed by atoms with Crippen molar-refractivity contribution in [1.82, 2.24) is 10.2 Å². The molecule has 1 N–H and O–H groups in total. The molecule has 1 rings (SSSR count). The molecule has 25 heavy (non-hydrogen) atoms. The Labute approximate surface area is 156 Å². The number of rotatable bonds is 13. The van der Waals surface area contributed by atoms with Crippen molar-refractivity contribution in [3.05, 3.63) is 0 Å². The van der Waals surface area contributed by atoms with Gasteiger partial charge < -0.3 is 19.7 Å². The molecule has 1 saturated heterocycles. The fourth-order valence-corrected chi connectivity index (χ4v) is 3.01. The normalized spacial score (nSPS) is 15.4. The van der Waals surface area contributed by atoms with Gasteiger partial charge in [0.25, 0.3) is 0 Å². The molecule has 146 valence electrons. The predicted octanol–water partition coefficient (Wildman–Crippen LogP) is 2.19. The van der Waals surface area contributed by atoms with Crippen LogP contribution in [0.3, 0.4) is 0 Å². The number of amides is 2. The molecule has 6 nitrogen and oxygen atoms in total. The summed E-state index contributed by atoms with van der Waals surface area (Å²) >= 11 is 5.62. The molecule has 0 aromatic heterocycles. The Morgan fingerprint density at radius 3 is 2.28 bits per heavy atom. The van der Waals surface area contributed by atoms with Gasteiger partial charge in [0.1, 0.15) is 0 Å². The molecule has 0 aromatic rings. The lowest BCUT2D eigenvalue weighted by atomic mass is 9.96. The SMILES string of the molecule is CC(=O)N1CCC(C(=O)NCCOCCOCCCCCCCl)CC1. The Morgan fingerprint density at radius 1 is 1.00 bits per heavy atom. The summed E-state index contributed by atoms with van der Waals surface area (Å²) in [5.41, 5.74) is 0. The summed E-state index contributed by atoms with van der Waals surface area (Å²) in [7, 11) is 0. The Kier molecular flexibility index (Phi) is 12.7. The lowest BCUT2D eigenvalue weighted by Crippen LogP contribution is -2.42. The molecular weight excluding hydrogens is 344 g/mol. The molecule has 1 fully saturated rings. The van der Waals surface area contributed by atoms with E-state index < -0.39 is 0 Å². The van der Waals surface area contributed by atoms with Gasteiger partial charge in [0, 0.05) is 45.0 Å². The van der Waals surface area contributed by atoms with Crippen LogP contribution in [0.2, 0.25) is 0 Å². The number of ether oxygens (including phenoxy) is 2. The van der Waals surface area contributed by atoms with Gasteiger partial charge >= 0.3 is 0 Å². The van der Waals surface area contributed by atoms with E-state index in [9.17, 15) is 9.59 Å². The van der Waals surface area contributed by atoms with Crippen molar-refractivity contribution < 1.29 is 19.1 Å².